The van der Waals surface area contributed by atoms with Crippen LogP contribution in [0.5, 0.6) is 0 Å². The lowest BCUT2D eigenvalue weighted by molar-refractivity contribution is -0.122. The van der Waals surface area contributed by atoms with E-state index in [2.05, 4.69) is 4.99 Å². The predicted octanol–water partition coefficient (Wildman–Crippen LogP) is 5.27. The van der Waals surface area contributed by atoms with Crippen molar-refractivity contribution in [2.75, 3.05) is 6.54 Å². The van der Waals surface area contributed by atoms with Gasteiger partial charge in [0.15, 0.2) is 5.17 Å². The molecule has 0 saturated carbocycles. The van der Waals surface area contributed by atoms with E-state index >= 15 is 0 Å². The minimum Gasteiger partial charge on any atom is -0.478 e. The largest absolute Gasteiger partial charge is 0.478 e. The summed E-state index contributed by atoms with van der Waals surface area (Å²) >= 11 is 1.29. The molecule has 4 rings (SSSR count). The number of carbonyl (C=O) groups excluding carboxylic acids is 1. The van der Waals surface area contributed by atoms with Gasteiger partial charge in [0.05, 0.1) is 16.2 Å². The smallest absolute Gasteiger partial charge is 0.336 e. The number of thioether (sulfide) groups is 1. The molecular formula is C23H18N2O4S. The maximum Gasteiger partial charge on any atom is 0.336 e. The Morgan fingerprint density at radius 1 is 1.10 bits per heavy atom. The average molecular weight is 418 g/mol. The molecule has 30 heavy (non-hydrogen) atoms. The van der Waals surface area contributed by atoms with Crippen molar-refractivity contribution in [1.29, 1.82) is 0 Å². The summed E-state index contributed by atoms with van der Waals surface area (Å²) in [6, 6.07) is 19.5. The van der Waals surface area contributed by atoms with Crippen LogP contribution in [0.15, 0.2) is 81.0 Å². The first kappa shape index (κ1) is 19.7. The highest BCUT2D eigenvalue weighted by atomic mass is 32.2. The molecule has 3 aromatic rings. The molecule has 0 unspecified atom stereocenters. The summed E-state index contributed by atoms with van der Waals surface area (Å²) in [5.74, 6) is -0.260. The number of amidine groups is 1. The second kappa shape index (κ2) is 8.42. The Morgan fingerprint density at radius 2 is 1.83 bits per heavy atom. The number of carboxylic acid groups (broad SMARTS) is 1. The summed E-state index contributed by atoms with van der Waals surface area (Å²) < 4.78 is 5.83. The first-order chi connectivity index (χ1) is 14.6. The number of rotatable bonds is 5. The van der Waals surface area contributed by atoms with E-state index in [1.54, 1.807) is 41.3 Å². The summed E-state index contributed by atoms with van der Waals surface area (Å²) in [7, 11) is 0. The molecule has 2 heterocycles. The number of aromatic carboxylic acids is 1. The van der Waals surface area contributed by atoms with Crippen LogP contribution in [0.1, 0.15) is 23.0 Å². The lowest BCUT2D eigenvalue weighted by Gasteiger charge is -2.11. The molecule has 1 amide bonds. The topological polar surface area (TPSA) is 83.1 Å². The minimum atomic E-state index is -1.02. The number of furan rings is 1. The molecule has 0 radical (unpaired) electrons. The molecular weight excluding hydrogens is 400 g/mol. The Morgan fingerprint density at radius 3 is 2.57 bits per heavy atom. The van der Waals surface area contributed by atoms with E-state index in [9.17, 15) is 14.7 Å². The van der Waals surface area contributed by atoms with Crippen LogP contribution in [0, 0.1) is 0 Å². The normalized spacial score (nSPS) is 16.6. The number of amides is 1. The molecule has 1 aliphatic rings. The zero-order valence-corrected chi connectivity index (χ0v) is 16.9. The van der Waals surface area contributed by atoms with Crippen molar-refractivity contribution in [3.8, 4) is 11.3 Å². The summed E-state index contributed by atoms with van der Waals surface area (Å²) in [5.41, 5.74) is 1.42. The fourth-order valence-electron chi connectivity index (χ4n) is 3.07. The van der Waals surface area contributed by atoms with Crippen LogP contribution >= 0.6 is 11.8 Å². The molecule has 1 saturated heterocycles. The number of carboxylic acids is 1. The zero-order chi connectivity index (χ0) is 21.1. The first-order valence-corrected chi connectivity index (χ1v) is 10.2. The van der Waals surface area contributed by atoms with Crippen LogP contribution < -0.4 is 0 Å². The molecule has 2 aromatic carbocycles. The predicted molar refractivity (Wildman–Crippen MR) is 118 cm³/mol. The Labute approximate surface area is 177 Å². The molecule has 1 aliphatic heterocycles. The van der Waals surface area contributed by atoms with Gasteiger partial charge < -0.3 is 9.52 Å². The second-order valence-electron chi connectivity index (χ2n) is 6.44. The van der Waals surface area contributed by atoms with Crippen molar-refractivity contribution in [3.05, 3.63) is 83.0 Å². The molecule has 1 aromatic heterocycles. The molecule has 0 bridgehead atoms. The second-order valence-corrected chi connectivity index (χ2v) is 7.45. The van der Waals surface area contributed by atoms with Gasteiger partial charge in [-0.2, -0.15) is 0 Å². The molecule has 0 spiro atoms. The van der Waals surface area contributed by atoms with Crippen LogP contribution in [0.2, 0.25) is 0 Å². The van der Waals surface area contributed by atoms with E-state index in [1.165, 1.54) is 17.8 Å². The number of benzene rings is 2. The maximum absolute atomic E-state index is 12.8. The van der Waals surface area contributed by atoms with E-state index < -0.39 is 5.97 Å². The van der Waals surface area contributed by atoms with E-state index in [0.29, 0.717) is 33.7 Å². The quantitative estimate of drug-likeness (QED) is 0.571. The maximum atomic E-state index is 12.8. The number of likely N-dealkylation sites (N-methyl/N-ethyl adjacent to an activating group) is 1. The number of carbonyl (C=O) groups is 2. The van der Waals surface area contributed by atoms with Gasteiger partial charge in [0.2, 0.25) is 0 Å². The van der Waals surface area contributed by atoms with E-state index in [0.717, 1.165) is 5.69 Å². The van der Waals surface area contributed by atoms with Gasteiger partial charge in [-0.3, -0.25) is 9.69 Å². The highest BCUT2D eigenvalue weighted by Gasteiger charge is 2.32. The fourth-order valence-corrected chi connectivity index (χ4v) is 4.11. The third-order valence-electron chi connectivity index (χ3n) is 4.51. The van der Waals surface area contributed by atoms with Crippen LogP contribution in [0.4, 0.5) is 5.69 Å². The number of nitrogens with zero attached hydrogens (tertiary/aromatic N) is 2. The lowest BCUT2D eigenvalue weighted by atomic mass is 10.1. The average Bonchev–Trinajstić information content (AvgIpc) is 3.33. The van der Waals surface area contributed by atoms with Crippen LogP contribution in [-0.4, -0.2) is 33.6 Å². The summed E-state index contributed by atoms with van der Waals surface area (Å²) in [6.07, 6.45) is 1.66. The Bertz CT molecular complexity index is 1160. The first-order valence-electron chi connectivity index (χ1n) is 9.34. The molecule has 1 fully saturated rings. The number of hydrogen-bond donors (Lipinski definition) is 1. The zero-order valence-electron chi connectivity index (χ0n) is 16.1. The van der Waals surface area contributed by atoms with E-state index in [-0.39, 0.29) is 11.5 Å². The van der Waals surface area contributed by atoms with Gasteiger partial charge in [0.1, 0.15) is 11.5 Å². The number of hydrogen-bond acceptors (Lipinski definition) is 5. The monoisotopic (exact) mass is 418 g/mol. The molecule has 0 atom stereocenters. The van der Waals surface area contributed by atoms with Gasteiger partial charge in [-0.25, -0.2) is 9.79 Å². The molecule has 0 aliphatic carbocycles. The Kier molecular flexibility index (Phi) is 5.54. The Hall–Kier alpha value is -3.58. The van der Waals surface area contributed by atoms with Gasteiger partial charge in [0, 0.05) is 18.2 Å². The van der Waals surface area contributed by atoms with Crippen LogP contribution in [-0.2, 0) is 4.79 Å². The summed E-state index contributed by atoms with van der Waals surface area (Å²) in [4.78, 5) is 31.0. The molecule has 1 N–H and O–H groups in total. The van der Waals surface area contributed by atoms with Crippen molar-refractivity contribution >= 4 is 40.6 Å². The number of aliphatic imine (C=N–C) groups is 1. The SMILES string of the molecule is CCN1C(=O)/C(=C\c2ccc(-c3ccccc3C(=O)O)o2)SC1=Nc1ccccc1. The van der Waals surface area contributed by atoms with Crippen molar-refractivity contribution in [1.82, 2.24) is 4.90 Å². The van der Waals surface area contributed by atoms with Crippen molar-refractivity contribution in [2.24, 2.45) is 4.99 Å². The molecule has 6 nitrogen and oxygen atoms in total. The number of para-hydroxylation sites is 1. The highest BCUT2D eigenvalue weighted by molar-refractivity contribution is 8.18. The van der Waals surface area contributed by atoms with Gasteiger partial charge in [-0.15, -0.1) is 0 Å². The Balaban J connectivity index is 1.64. The van der Waals surface area contributed by atoms with Crippen LogP contribution in [0.25, 0.3) is 17.4 Å². The summed E-state index contributed by atoms with van der Waals surface area (Å²) in [6.45, 7) is 2.40. The van der Waals surface area contributed by atoms with Crippen molar-refractivity contribution < 1.29 is 19.1 Å². The summed E-state index contributed by atoms with van der Waals surface area (Å²) in [5, 5.41) is 10.00. The molecule has 7 heteroatoms. The van der Waals surface area contributed by atoms with Gasteiger partial charge in [0.25, 0.3) is 5.91 Å². The minimum absolute atomic E-state index is 0.138. The highest BCUT2D eigenvalue weighted by Crippen LogP contribution is 2.35. The molecule has 150 valence electrons. The third kappa shape index (κ3) is 3.92. The van der Waals surface area contributed by atoms with Crippen molar-refractivity contribution in [3.63, 3.8) is 0 Å². The van der Waals surface area contributed by atoms with Crippen LogP contribution in [0.3, 0.4) is 0 Å². The fraction of sp³-hybridized carbons (Fsp3) is 0.0870. The van der Waals surface area contributed by atoms with Gasteiger partial charge in [-0.1, -0.05) is 36.4 Å². The van der Waals surface area contributed by atoms with Gasteiger partial charge in [-0.05, 0) is 49.0 Å². The third-order valence-corrected chi connectivity index (χ3v) is 5.51. The lowest BCUT2D eigenvalue weighted by Crippen LogP contribution is -2.28. The standard InChI is InChI=1S/C23H18N2O4S/c1-2-25-21(26)20(30-23(25)24-15-8-4-3-5-9-15)14-16-12-13-19(29-16)17-10-6-7-11-18(17)22(27)28/h3-14H,2H2,1H3,(H,27,28)/b20-14+,24-23?. The van der Waals surface area contributed by atoms with Crippen molar-refractivity contribution in [2.45, 2.75) is 6.92 Å². The van der Waals surface area contributed by atoms with E-state index in [1.807, 2.05) is 37.3 Å². The van der Waals surface area contributed by atoms with E-state index in [4.69, 9.17) is 4.42 Å². The van der Waals surface area contributed by atoms with Gasteiger partial charge >= 0.3 is 5.97 Å².